The fraction of sp³-hybridized carbons (Fsp3) is 0.208. The van der Waals surface area contributed by atoms with Crippen molar-refractivity contribution in [2.45, 2.75) is 20.4 Å². The SMILES string of the molecule is CCOc1ccc(/C=C2/C(=O)N(Cc3ccc(F)cc3)C(=O)C(C#N)=C2C)cc1OC. The summed E-state index contributed by atoms with van der Waals surface area (Å²) in [6.07, 6.45) is 1.61. The largest absolute Gasteiger partial charge is 0.493 e. The molecule has 0 aliphatic carbocycles. The predicted molar refractivity (Wildman–Crippen MR) is 112 cm³/mol. The van der Waals surface area contributed by atoms with Gasteiger partial charge in [-0.15, -0.1) is 0 Å². The first-order valence-electron chi connectivity index (χ1n) is 9.64. The topological polar surface area (TPSA) is 79.6 Å². The van der Waals surface area contributed by atoms with Crippen LogP contribution in [-0.2, 0) is 16.1 Å². The summed E-state index contributed by atoms with van der Waals surface area (Å²) in [5.41, 5.74) is 1.65. The number of ether oxygens (including phenoxy) is 2. The molecule has 0 radical (unpaired) electrons. The van der Waals surface area contributed by atoms with E-state index in [1.807, 2.05) is 13.0 Å². The molecule has 0 atom stereocenters. The fourth-order valence-corrected chi connectivity index (χ4v) is 3.26. The van der Waals surface area contributed by atoms with Crippen molar-refractivity contribution in [2.75, 3.05) is 13.7 Å². The number of imide groups is 1. The Morgan fingerprint density at radius 3 is 2.42 bits per heavy atom. The van der Waals surface area contributed by atoms with Crippen molar-refractivity contribution >= 4 is 17.9 Å². The van der Waals surface area contributed by atoms with Crippen molar-refractivity contribution in [1.82, 2.24) is 4.90 Å². The van der Waals surface area contributed by atoms with Crippen molar-refractivity contribution < 1.29 is 23.5 Å². The molecular weight excluding hydrogens is 399 g/mol. The molecule has 2 amide bonds. The predicted octanol–water partition coefficient (Wildman–Crippen LogP) is 4.03. The lowest BCUT2D eigenvalue weighted by Crippen LogP contribution is -2.42. The molecule has 0 bridgehead atoms. The average molecular weight is 420 g/mol. The average Bonchev–Trinajstić information content (AvgIpc) is 2.77. The Labute approximate surface area is 179 Å². The van der Waals surface area contributed by atoms with Gasteiger partial charge < -0.3 is 9.47 Å². The molecule has 3 rings (SSSR count). The van der Waals surface area contributed by atoms with Gasteiger partial charge in [0.05, 0.1) is 20.3 Å². The molecule has 0 N–H and O–H groups in total. The first-order chi connectivity index (χ1) is 14.9. The summed E-state index contributed by atoms with van der Waals surface area (Å²) in [6.45, 7) is 3.84. The summed E-state index contributed by atoms with van der Waals surface area (Å²) in [5, 5.41) is 9.52. The standard InChI is InChI=1S/C24H21FN2O4/c1-4-31-21-10-7-17(12-22(21)30-3)11-19-15(2)20(13-26)24(29)27(23(19)28)14-16-5-8-18(25)9-6-16/h5-12H,4,14H2,1-3H3/b19-11+. The number of nitrogens with zero attached hydrogens (tertiary/aromatic N) is 2. The molecule has 0 unspecified atom stereocenters. The Kier molecular flexibility index (Phi) is 6.51. The number of hydrogen-bond donors (Lipinski definition) is 0. The molecular formula is C24H21FN2O4. The highest BCUT2D eigenvalue weighted by Crippen LogP contribution is 2.32. The second-order valence-electron chi connectivity index (χ2n) is 6.84. The Morgan fingerprint density at radius 2 is 1.81 bits per heavy atom. The minimum absolute atomic E-state index is 0.0691. The van der Waals surface area contributed by atoms with Crippen LogP contribution in [0.4, 0.5) is 4.39 Å². The van der Waals surface area contributed by atoms with Crippen LogP contribution < -0.4 is 9.47 Å². The maximum absolute atomic E-state index is 13.2. The van der Waals surface area contributed by atoms with Gasteiger partial charge in [0.1, 0.15) is 17.5 Å². The molecule has 1 aliphatic heterocycles. The molecule has 0 aromatic heterocycles. The van der Waals surface area contributed by atoms with Crippen LogP contribution >= 0.6 is 0 Å². The number of hydrogen-bond acceptors (Lipinski definition) is 5. The first kappa shape index (κ1) is 21.8. The molecule has 0 saturated carbocycles. The first-order valence-corrected chi connectivity index (χ1v) is 9.64. The smallest absolute Gasteiger partial charge is 0.271 e. The van der Waals surface area contributed by atoms with E-state index in [1.165, 1.54) is 31.4 Å². The van der Waals surface area contributed by atoms with Crippen molar-refractivity contribution in [1.29, 1.82) is 5.26 Å². The molecule has 1 heterocycles. The molecule has 0 spiro atoms. The van der Waals surface area contributed by atoms with Gasteiger partial charge in [0.15, 0.2) is 11.5 Å². The van der Waals surface area contributed by atoms with E-state index in [-0.39, 0.29) is 17.7 Å². The molecule has 0 saturated heterocycles. The van der Waals surface area contributed by atoms with Crippen LogP contribution in [0.5, 0.6) is 11.5 Å². The minimum Gasteiger partial charge on any atom is -0.493 e. The molecule has 7 heteroatoms. The quantitative estimate of drug-likeness (QED) is 0.521. The summed E-state index contributed by atoms with van der Waals surface area (Å²) in [4.78, 5) is 26.9. The second-order valence-corrected chi connectivity index (χ2v) is 6.84. The zero-order valence-electron chi connectivity index (χ0n) is 17.4. The summed E-state index contributed by atoms with van der Waals surface area (Å²) < 4.78 is 24.1. The lowest BCUT2D eigenvalue weighted by Gasteiger charge is -2.27. The van der Waals surface area contributed by atoms with E-state index >= 15 is 0 Å². The van der Waals surface area contributed by atoms with Gasteiger partial charge in [0, 0.05) is 5.57 Å². The maximum Gasteiger partial charge on any atom is 0.271 e. The molecule has 31 heavy (non-hydrogen) atoms. The number of rotatable bonds is 6. The summed E-state index contributed by atoms with van der Waals surface area (Å²) in [6, 6.07) is 12.6. The number of carbonyl (C=O) groups is 2. The Bertz CT molecular complexity index is 1130. The van der Waals surface area contributed by atoms with Crippen molar-refractivity contribution in [3.8, 4) is 17.6 Å². The van der Waals surface area contributed by atoms with Crippen LogP contribution in [0.3, 0.4) is 0 Å². The minimum atomic E-state index is -0.671. The molecule has 0 fully saturated rings. The molecule has 2 aromatic rings. The summed E-state index contributed by atoms with van der Waals surface area (Å²) >= 11 is 0. The number of methoxy groups -OCH3 is 1. The van der Waals surface area contributed by atoms with E-state index < -0.39 is 17.6 Å². The highest BCUT2D eigenvalue weighted by molar-refractivity contribution is 6.19. The molecule has 1 aliphatic rings. The van der Waals surface area contributed by atoms with Gasteiger partial charge in [0.2, 0.25) is 0 Å². The lowest BCUT2D eigenvalue weighted by atomic mass is 9.93. The van der Waals surface area contributed by atoms with Crippen LogP contribution in [0.25, 0.3) is 6.08 Å². The van der Waals surface area contributed by atoms with Gasteiger partial charge in [-0.05, 0) is 60.9 Å². The Hall–Kier alpha value is -3.92. The fourth-order valence-electron chi connectivity index (χ4n) is 3.26. The van der Waals surface area contributed by atoms with E-state index in [0.717, 1.165) is 4.90 Å². The van der Waals surface area contributed by atoms with Gasteiger partial charge in [0.25, 0.3) is 11.8 Å². The monoisotopic (exact) mass is 420 g/mol. The second kappa shape index (κ2) is 9.26. The number of nitriles is 1. The highest BCUT2D eigenvalue weighted by atomic mass is 19.1. The number of amides is 2. The van der Waals surface area contributed by atoms with Crippen LogP contribution in [0.15, 0.2) is 59.2 Å². The normalized spacial score (nSPS) is 15.3. The Balaban J connectivity index is 2.03. The van der Waals surface area contributed by atoms with E-state index in [1.54, 1.807) is 31.2 Å². The number of halogens is 1. The third-order valence-electron chi connectivity index (χ3n) is 4.88. The number of carbonyl (C=O) groups excluding carboxylic acids is 2. The van der Waals surface area contributed by atoms with Crippen molar-refractivity contribution in [3.05, 3.63) is 76.1 Å². The zero-order valence-corrected chi connectivity index (χ0v) is 17.4. The zero-order chi connectivity index (χ0) is 22.5. The van der Waals surface area contributed by atoms with Gasteiger partial charge in [-0.2, -0.15) is 5.26 Å². The van der Waals surface area contributed by atoms with E-state index in [9.17, 15) is 19.2 Å². The molecule has 158 valence electrons. The number of benzene rings is 2. The van der Waals surface area contributed by atoms with E-state index in [0.29, 0.717) is 34.8 Å². The highest BCUT2D eigenvalue weighted by Gasteiger charge is 2.35. The van der Waals surface area contributed by atoms with Crippen LogP contribution in [-0.4, -0.2) is 30.4 Å². The van der Waals surface area contributed by atoms with Gasteiger partial charge in [-0.25, -0.2) is 4.39 Å². The van der Waals surface area contributed by atoms with E-state index in [2.05, 4.69) is 0 Å². The maximum atomic E-state index is 13.2. The summed E-state index contributed by atoms with van der Waals surface area (Å²) in [5.74, 6) is -0.547. The van der Waals surface area contributed by atoms with Gasteiger partial charge >= 0.3 is 0 Å². The molecule has 2 aromatic carbocycles. The third kappa shape index (κ3) is 4.48. The van der Waals surface area contributed by atoms with Gasteiger partial charge in [-0.1, -0.05) is 18.2 Å². The van der Waals surface area contributed by atoms with Crippen molar-refractivity contribution in [2.24, 2.45) is 0 Å². The summed E-state index contributed by atoms with van der Waals surface area (Å²) in [7, 11) is 1.52. The Morgan fingerprint density at radius 1 is 1.10 bits per heavy atom. The van der Waals surface area contributed by atoms with Crippen molar-refractivity contribution in [3.63, 3.8) is 0 Å². The third-order valence-corrected chi connectivity index (χ3v) is 4.88. The van der Waals surface area contributed by atoms with Gasteiger partial charge in [-0.3, -0.25) is 14.5 Å². The lowest BCUT2D eigenvalue weighted by molar-refractivity contribution is -0.141. The van der Waals surface area contributed by atoms with Crippen LogP contribution in [0, 0.1) is 17.1 Å². The van der Waals surface area contributed by atoms with E-state index in [4.69, 9.17) is 9.47 Å². The van der Waals surface area contributed by atoms with Crippen LogP contribution in [0.2, 0.25) is 0 Å². The van der Waals surface area contributed by atoms with Crippen LogP contribution in [0.1, 0.15) is 25.0 Å². The molecule has 6 nitrogen and oxygen atoms in total.